The van der Waals surface area contributed by atoms with Crippen molar-refractivity contribution in [2.45, 2.75) is 6.54 Å². The van der Waals surface area contributed by atoms with Gasteiger partial charge >= 0.3 is 0 Å². The Morgan fingerprint density at radius 2 is 2.12 bits per heavy atom. The van der Waals surface area contributed by atoms with Crippen LogP contribution in [0.1, 0.15) is 4.88 Å². The van der Waals surface area contributed by atoms with Crippen molar-refractivity contribution in [1.29, 1.82) is 0 Å². The fourth-order valence-corrected chi connectivity index (χ4v) is 4.22. The van der Waals surface area contributed by atoms with Gasteiger partial charge in [0.05, 0.1) is 17.6 Å². The van der Waals surface area contributed by atoms with Crippen LogP contribution in [0.5, 0.6) is 0 Å². The van der Waals surface area contributed by atoms with E-state index in [-0.39, 0.29) is 0 Å². The summed E-state index contributed by atoms with van der Waals surface area (Å²) in [5.74, 6) is 0. The maximum absolute atomic E-state index is 4.70. The van der Waals surface area contributed by atoms with Crippen molar-refractivity contribution in [3.8, 4) is 10.6 Å². The summed E-state index contributed by atoms with van der Waals surface area (Å²) in [5, 5.41) is 11.5. The third kappa shape index (κ3) is 2.27. The SMILES string of the molecule is c1csc(-c2cnc3nnn(Cc4cc5cccnc5s4)c3n2)c1. The predicted molar refractivity (Wildman–Crippen MR) is 95.2 cm³/mol. The highest BCUT2D eigenvalue weighted by atomic mass is 32.1. The highest BCUT2D eigenvalue weighted by Crippen LogP contribution is 2.26. The van der Waals surface area contributed by atoms with Gasteiger partial charge in [0, 0.05) is 16.5 Å². The van der Waals surface area contributed by atoms with Crippen LogP contribution < -0.4 is 0 Å². The summed E-state index contributed by atoms with van der Waals surface area (Å²) in [6.45, 7) is 0.611. The lowest BCUT2D eigenvalue weighted by Crippen LogP contribution is -2.02. The molecule has 6 nitrogen and oxygen atoms in total. The van der Waals surface area contributed by atoms with Gasteiger partial charge in [-0.15, -0.1) is 27.8 Å². The Morgan fingerprint density at radius 3 is 3.00 bits per heavy atom. The van der Waals surface area contributed by atoms with Gasteiger partial charge in [-0.05, 0) is 23.6 Å². The first kappa shape index (κ1) is 13.7. The first-order chi connectivity index (χ1) is 11.9. The fraction of sp³-hybridized carbons (Fsp3) is 0.0625. The van der Waals surface area contributed by atoms with Crippen molar-refractivity contribution in [3.05, 3.63) is 53.0 Å². The molecule has 5 heterocycles. The van der Waals surface area contributed by atoms with E-state index in [0.29, 0.717) is 17.8 Å². The van der Waals surface area contributed by atoms with Gasteiger partial charge < -0.3 is 0 Å². The van der Waals surface area contributed by atoms with Crippen LogP contribution in [0.25, 0.3) is 32.1 Å². The molecule has 0 atom stereocenters. The van der Waals surface area contributed by atoms with Crippen LogP contribution in [0, 0.1) is 0 Å². The van der Waals surface area contributed by atoms with Gasteiger partial charge in [-0.2, -0.15) is 0 Å². The molecule has 5 rings (SSSR count). The topological polar surface area (TPSA) is 69.4 Å². The quantitative estimate of drug-likeness (QED) is 0.497. The van der Waals surface area contributed by atoms with Crippen molar-refractivity contribution in [2.75, 3.05) is 0 Å². The molecular formula is C16H10N6S2. The number of hydrogen-bond donors (Lipinski definition) is 0. The summed E-state index contributed by atoms with van der Waals surface area (Å²) in [6.07, 6.45) is 3.56. The van der Waals surface area contributed by atoms with E-state index >= 15 is 0 Å². The molecule has 0 aliphatic heterocycles. The molecular weight excluding hydrogens is 340 g/mol. The molecule has 0 saturated heterocycles. The lowest BCUT2D eigenvalue weighted by molar-refractivity contribution is 0.671. The van der Waals surface area contributed by atoms with Crippen molar-refractivity contribution in [3.63, 3.8) is 0 Å². The number of nitrogens with zero attached hydrogens (tertiary/aromatic N) is 6. The van der Waals surface area contributed by atoms with Gasteiger partial charge in [0.25, 0.3) is 0 Å². The standard InChI is InChI=1S/C16H10N6S2/c1-3-10-7-11(24-16(10)17-5-1)9-22-15-14(20-21-22)18-8-12(19-15)13-4-2-6-23-13/h1-8H,9H2. The molecule has 0 aromatic carbocycles. The number of thiophene rings is 2. The Hall–Kier alpha value is -2.71. The Kier molecular flexibility index (Phi) is 3.10. The first-order valence-electron chi connectivity index (χ1n) is 7.30. The zero-order valence-electron chi connectivity index (χ0n) is 12.3. The highest BCUT2D eigenvalue weighted by molar-refractivity contribution is 7.18. The Balaban J connectivity index is 1.57. The van der Waals surface area contributed by atoms with Gasteiger partial charge in [-0.3, -0.25) is 0 Å². The van der Waals surface area contributed by atoms with E-state index in [1.54, 1.807) is 33.6 Å². The van der Waals surface area contributed by atoms with Crippen molar-refractivity contribution in [2.24, 2.45) is 0 Å². The Morgan fingerprint density at radius 1 is 1.12 bits per heavy atom. The van der Waals surface area contributed by atoms with Crippen LogP contribution in [-0.2, 0) is 6.54 Å². The van der Waals surface area contributed by atoms with Gasteiger partial charge in [-0.25, -0.2) is 19.6 Å². The minimum Gasteiger partial charge on any atom is -0.245 e. The van der Waals surface area contributed by atoms with Crippen molar-refractivity contribution >= 4 is 44.2 Å². The molecule has 8 heteroatoms. The number of hydrogen-bond acceptors (Lipinski definition) is 7. The monoisotopic (exact) mass is 350 g/mol. The minimum atomic E-state index is 0.564. The first-order valence-corrected chi connectivity index (χ1v) is 9.00. The Labute approximate surface area is 144 Å². The summed E-state index contributed by atoms with van der Waals surface area (Å²) in [5.41, 5.74) is 2.11. The molecule has 5 aromatic rings. The summed E-state index contributed by atoms with van der Waals surface area (Å²) in [4.78, 5) is 16.8. The minimum absolute atomic E-state index is 0.564. The number of fused-ring (bicyclic) bond motifs is 2. The zero-order valence-corrected chi connectivity index (χ0v) is 14.0. The van der Waals surface area contributed by atoms with Crippen LogP contribution in [0.15, 0.2) is 48.1 Å². The van der Waals surface area contributed by atoms with Gasteiger partial charge in [0.1, 0.15) is 10.5 Å². The number of rotatable bonds is 3. The van der Waals surface area contributed by atoms with E-state index < -0.39 is 0 Å². The van der Waals surface area contributed by atoms with Gasteiger partial charge in [-0.1, -0.05) is 17.3 Å². The summed E-state index contributed by atoms with van der Waals surface area (Å²) in [6, 6.07) is 10.2. The molecule has 0 fully saturated rings. The molecule has 0 N–H and O–H groups in total. The van der Waals surface area contributed by atoms with Crippen molar-refractivity contribution < 1.29 is 0 Å². The van der Waals surface area contributed by atoms with Crippen molar-refractivity contribution in [1.82, 2.24) is 29.9 Å². The number of aromatic nitrogens is 6. The molecule has 116 valence electrons. The molecule has 0 aliphatic rings. The number of pyridine rings is 1. The van der Waals surface area contributed by atoms with E-state index in [0.717, 1.165) is 20.8 Å². The second-order valence-corrected chi connectivity index (χ2v) is 7.30. The average Bonchev–Trinajstić information content (AvgIpc) is 3.34. The second kappa shape index (κ2) is 5.43. The van der Waals surface area contributed by atoms with Crippen LogP contribution in [0.2, 0.25) is 0 Å². The Bertz CT molecular complexity index is 1110. The molecule has 24 heavy (non-hydrogen) atoms. The largest absolute Gasteiger partial charge is 0.245 e. The van der Waals surface area contributed by atoms with E-state index in [1.165, 1.54) is 4.88 Å². The predicted octanol–water partition coefficient (Wildman–Crippen LogP) is 3.61. The maximum Gasteiger partial charge on any atom is 0.221 e. The highest BCUT2D eigenvalue weighted by Gasteiger charge is 2.12. The normalized spacial score (nSPS) is 11.5. The lowest BCUT2D eigenvalue weighted by Gasteiger charge is -2.00. The van der Waals surface area contributed by atoms with E-state index in [2.05, 4.69) is 32.4 Å². The third-order valence-corrected chi connectivity index (χ3v) is 5.59. The van der Waals surface area contributed by atoms with Crippen LogP contribution in [0.3, 0.4) is 0 Å². The van der Waals surface area contributed by atoms with Crippen LogP contribution >= 0.6 is 22.7 Å². The zero-order chi connectivity index (χ0) is 15.9. The molecule has 0 aliphatic carbocycles. The molecule has 0 radical (unpaired) electrons. The van der Waals surface area contributed by atoms with Gasteiger partial charge in [0.15, 0.2) is 5.65 Å². The van der Waals surface area contributed by atoms with Crippen LogP contribution in [-0.4, -0.2) is 29.9 Å². The van der Waals surface area contributed by atoms with E-state index in [9.17, 15) is 0 Å². The fourth-order valence-electron chi connectivity index (χ4n) is 2.56. The summed E-state index contributed by atoms with van der Waals surface area (Å²) >= 11 is 3.30. The summed E-state index contributed by atoms with van der Waals surface area (Å²) < 4.78 is 1.80. The molecule has 0 amide bonds. The second-order valence-electron chi connectivity index (χ2n) is 5.24. The maximum atomic E-state index is 4.70. The van der Waals surface area contributed by atoms with Gasteiger partial charge in [0.2, 0.25) is 5.65 Å². The average molecular weight is 350 g/mol. The van der Waals surface area contributed by atoms with Crippen LogP contribution in [0.4, 0.5) is 0 Å². The van der Waals surface area contributed by atoms with E-state index in [1.807, 2.05) is 29.8 Å². The molecule has 5 aromatic heterocycles. The summed E-state index contributed by atoms with van der Waals surface area (Å²) in [7, 11) is 0. The lowest BCUT2D eigenvalue weighted by atomic mass is 10.3. The molecule has 0 bridgehead atoms. The molecule has 0 saturated carbocycles. The third-order valence-electron chi connectivity index (χ3n) is 3.65. The van der Waals surface area contributed by atoms with E-state index in [4.69, 9.17) is 4.98 Å². The molecule has 0 spiro atoms. The smallest absolute Gasteiger partial charge is 0.221 e. The molecule has 0 unspecified atom stereocenters.